The van der Waals surface area contributed by atoms with Crippen molar-refractivity contribution in [2.45, 2.75) is 49.8 Å². The first kappa shape index (κ1) is 19.4. The van der Waals surface area contributed by atoms with Crippen LogP contribution in [0.1, 0.15) is 55.3 Å². The van der Waals surface area contributed by atoms with E-state index in [1.54, 1.807) is 0 Å². The number of benzene rings is 1. The molecular formula is C17H24N2O5S. The molecule has 1 amide bonds. The van der Waals surface area contributed by atoms with Crippen molar-refractivity contribution in [1.82, 2.24) is 5.32 Å². The molecule has 7 nitrogen and oxygen atoms in total. The summed E-state index contributed by atoms with van der Waals surface area (Å²) in [6.07, 6.45) is 9.07. The van der Waals surface area contributed by atoms with Crippen LogP contribution in [0.25, 0.3) is 0 Å². The van der Waals surface area contributed by atoms with E-state index < -0.39 is 26.4 Å². The second-order valence-electron chi connectivity index (χ2n) is 6.67. The van der Waals surface area contributed by atoms with Crippen molar-refractivity contribution in [2.24, 2.45) is 5.92 Å². The maximum absolute atomic E-state index is 12.4. The number of carbonyl (C=O) groups excluding carboxylic acids is 1. The summed E-state index contributed by atoms with van der Waals surface area (Å²) >= 11 is 0. The first-order valence-electron chi connectivity index (χ1n) is 8.55. The molecule has 0 spiro atoms. The highest BCUT2D eigenvalue weighted by atomic mass is 32.2. The number of amides is 1. The lowest BCUT2D eigenvalue weighted by atomic mass is 9.91. The molecule has 8 heteroatoms. The average molecular weight is 368 g/mol. The fourth-order valence-electron chi connectivity index (χ4n) is 3.12. The van der Waals surface area contributed by atoms with Gasteiger partial charge in [0.05, 0.1) is 9.82 Å². The number of hydrogen-bond acceptors (Lipinski definition) is 5. The first-order valence-corrected chi connectivity index (χ1v) is 10.4. The minimum absolute atomic E-state index is 0.000434. The Morgan fingerprint density at radius 1 is 1.16 bits per heavy atom. The van der Waals surface area contributed by atoms with Crippen molar-refractivity contribution in [3.8, 4) is 0 Å². The Morgan fingerprint density at radius 2 is 1.76 bits per heavy atom. The van der Waals surface area contributed by atoms with E-state index in [2.05, 4.69) is 5.32 Å². The van der Waals surface area contributed by atoms with Crippen LogP contribution in [-0.2, 0) is 9.84 Å². The van der Waals surface area contributed by atoms with Crippen LogP contribution >= 0.6 is 0 Å². The molecule has 1 N–H and O–H groups in total. The molecule has 0 atom stereocenters. The van der Waals surface area contributed by atoms with Crippen LogP contribution in [0.2, 0.25) is 0 Å². The van der Waals surface area contributed by atoms with Crippen molar-refractivity contribution >= 4 is 21.4 Å². The zero-order valence-electron chi connectivity index (χ0n) is 14.4. The summed E-state index contributed by atoms with van der Waals surface area (Å²) < 4.78 is 23.4. The Morgan fingerprint density at radius 3 is 2.32 bits per heavy atom. The second-order valence-corrected chi connectivity index (χ2v) is 8.68. The molecule has 1 fully saturated rings. The Hall–Kier alpha value is -1.96. The van der Waals surface area contributed by atoms with Gasteiger partial charge < -0.3 is 5.32 Å². The van der Waals surface area contributed by atoms with E-state index in [-0.39, 0.29) is 10.5 Å². The van der Waals surface area contributed by atoms with Gasteiger partial charge in [-0.1, -0.05) is 32.1 Å². The maximum Gasteiger partial charge on any atom is 0.271 e. The summed E-state index contributed by atoms with van der Waals surface area (Å²) in [6.45, 7) is 0.510. The molecule has 1 aliphatic carbocycles. The number of carbonyl (C=O) groups is 1. The summed E-state index contributed by atoms with van der Waals surface area (Å²) in [4.78, 5) is 22.5. The number of hydrogen-bond donors (Lipinski definition) is 1. The van der Waals surface area contributed by atoms with Crippen LogP contribution in [-0.4, -0.2) is 32.0 Å². The van der Waals surface area contributed by atoms with E-state index in [1.807, 2.05) is 0 Å². The molecule has 138 valence electrons. The SMILES string of the molecule is CS(=O)(=O)c1cc(C(=O)NCC2CCCCCCC2)cc([N+](=O)[O-])c1. The Labute approximate surface area is 147 Å². The van der Waals surface area contributed by atoms with Gasteiger partial charge >= 0.3 is 0 Å². The third kappa shape index (κ3) is 5.81. The predicted octanol–water partition coefficient (Wildman–Crippen LogP) is 3.09. The van der Waals surface area contributed by atoms with Gasteiger partial charge in [0.2, 0.25) is 0 Å². The monoisotopic (exact) mass is 368 g/mol. The van der Waals surface area contributed by atoms with Crippen LogP contribution in [0.5, 0.6) is 0 Å². The van der Waals surface area contributed by atoms with E-state index >= 15 is 0 Å². The van der Waals surface area contributed by atoms with Gasteiger partial charge in [0.15, 0.2) is 9.84 Å². The lowest BCUT2D eigenvalue weighted by Gasteiger charge is -2.20. The third-order valence-corrected chi connectivity index (χ3v) is 5.66. The van der Waals surface area contributed by atoms with Crippen LogP contribution in [0, 0.1) is 16.0 Å². The van der Waals surface area contributed by atoms with Crippen LogP contribution < -0.4 is 5.32 Å². The maximum atomic E-state index is 12.4. The van der Waals surface area contributed by atoms with Gasteiger partial charge in [-0.15, -0.1) is 0 Å². The van der Waals surface area contributed by atoms with Gasteiger partial charge in [-0.05, 0) is 24.8 Å². The zero-order valence-corrected chi connectivity index (χ0v) is 15.2. The second kappa shape index (κ2) is 8.42. The molecule has 0 aliphatic heterocycles. The Bertz CT molecular complexity index is 737. The summed E-state index contributed by atoms with van der Waals surface area (Å²) in [7, 11) is -3.64. The minimum Gasteiger partial charge on any atom is -0.352 e. The van der Waals surface area contributed by atoms with E-state index in [4.69, 9.17) is 0 Å². The molecule has 0 unspecified atom stereocenters. The largest absolute Gasteiger partial charge is 0.352 e. The van der Waals surface area contributed by atoms with Crippen molar-refractivity contribution in [1.29, 1.82) is 0 Å². The summed E-state index contributed by atoms with van der Waals surface area (Å²) in [5.41, 5.74) is -0.403. The summed E-state index contributed by atoms with van der Waals surface area (Å²) in [5.74, 6) is -0.0759. The van der Waals surface area contributed by atoms with Gasteiger partial charge in [-0.3, -0.25) is 14.9 Å². The molecular weight excluding hydrogens is 344 g/mol. The molecule has 0 heterocycles. The quantitative estimate of drug-likeness (QED) is 0.635. The van der Waals surface area contributed by atoms with Gasteiger partial charge in [0.1, 0.15) is 0 Å². The molecule has 1 saturated carbocycles. The highest BCUT2D eigenvalue weighted by Crippen LogP contribution is 2.23. The molecule has 0 saturated heterocycles. The molecule has 25 heavy (non-hydrogen) atoms. The Balaban J connectivity index is 2.12. The smallest absolute Gasteiger partial charge is 0.271 e. The van der Waals surface area contributed by atoms with Crippen molar-refractivity contribution in [3.05, 3.63) is 33.9 Å². The number of non-ortho nitro benzene ring substituents is 1. The molecule has 1 aromatic rings. The van der Waals surface area contributed by atoms with E-state index in [0.29, 0.717) is 12.5 Å². The number of sulfone groups is 1. The third-order valence-electron chi connectivity index (χ3n) is 4.57. The molecule has 0 bridgehead atoms. The molecule has 2 rings (SSSR count). The van der Waals surface area contributed by atoms with Crippen molar-refractivity contribution < 1.29 is 18.1 Å². The van der Waals surface area contributed by atoms with Crippen molar-refractivity contribution in [3.63, 3.8) is 0 Å². The number of nitrogens with zero attached hydrogens (tertiary/aromatic N) is 1. The predicted molar refractivity (Wildman–Crippen MR) is 94.3 cm³/mol. The van der Waals surface area contributed by atoms with E-state index in [9.17, 15) is 23.3 Å². The lowest BCUT2D eigenvalue weighted by Crippen LogP contribution is -2.29. The summed E-state index contributed by atoms with van der Waals surface area (Å²) in [5, 5.41) is 13.8. The number of nitro groups is 1. The fourth-order valence-corrected chi connectivity index (χ4v) is 3.79. The highest BCUT2D eigenvalue weighted by molar-refractivity contribution is 7.90. The first-order chi connectivity index (χ1) is 11.8. The number of nitro benzene ring substituents is 1. The topological polar surface area (TPSA) is 106 Å². The normalized spacial score (nSPS) is 16.7. The minimum atomic E-state index is -3.64. The zero-order chi connectivity index (χ0) is 18.4. The number of nitrogens with one attached hydrogen (secondary N) is 1. The van der Waals surface area contributed by atoms with E-state index in [1.165, 1.54) is 25.3 Å². The molecule has 0 radical (unpaired) electrons. The fraction of sp³-hybridized carbons (Fsp3) is 0.588. The van der Waals surface area contributed by atoms with Crippen LogP contribution in [0.4, 0.5) is 5.69 Å². The summed E-state index contributed by atoms with van der Waals surface area (Å²) in [6, 6.07) is 3.28. The molecule has 0 aromatic heterocycles. The standard InChI is InChI=1S/C17H24N2O5S/c1-25(23,24)16-10-14(9-15(11-16)19(21)22)17(20)18-12-13-7-5-3-2-4-6-8-13/h9-11,13H,2-8,12H2,1H3,(H,18,20). The molecule has 1 aromatic carbocycles. The number of rotatable bonds is 5. The lowest BCUT2D eigenvalue weighted by molar-refractivity contribution is -0.385. The van der Waals surface area contributed by atoms with Gasteiger partial charge in [0, 0.05) is 30.5 Å². The van der Waals surface area contributed by atoms with Gasteiger partial charge in [-0.2, -0.15) is 0 Å². The van der Waals surface area contributed by atoms with Crippen molar-refractivity contribution in [2.75, 3.05) is 12.8 Å². The van der Waals surface area contributed by atoms with Crippen LogP contribution in [0.15, 0.2) is 23.1 Å². The average Bonchev–Trinajstić information content (AvgIpc) is 2.52. The van der Waals surface area contributed by atoms with E-state index in [0.717, 1.165) is 44.1 Å². The Kier molecular flexibility index (Phi) is 6.52. The van der Waals surface area contributed by atoms with Gasteiger partial charge in [-0.25, -0.2) is 8.42 Å². The van der Waals surface area contributed by atoms with Gasteiger partial charge in [0.25, 0.3) is 11.6 Å². The molecule has 1 aliphatic rings. The highest BCUT2D eigenvalue weighted by Gasteiger charge is 2.20. The van der Waals surface area contributed by atoms with Crippen LogP contribution in [0.3, 0.4) is 0 Å².